The summed E-state index contributed by atoms with van der Waals surface area (Å²) in [4.78, 5) is 10.4. The van der Waals surface area contributed by atoms with Gasteiger partial charge in [-0.1, -0.05) is 12.5 Å². The third-order valence-corrected chi connectivity index (χ3v) is 5.00. The van der Waals surface area contributed by atoms with E-state index in [0.29, 0.717) is 52.8 Å². The Morgan fingerprint density at radius 1 is 1.00 bits per heavy atom. The highest BCUT2D eigenvalue weighted by molar-refractivity contribution is 5.91. The van der Waals surface area contributed by atoms with Crippen molar-refractivity contribution in [2.75, 3.05) is 40.7 Å². The molecule has 0 spiro atoms. The lowest BCUT2D eigenvalue weighted by Crippen LogP contribution is -2.36. The van der Waals surface area contributed by atoms with Gasteiger partial charge in [0.05, 0.1) is 51.8 Å². The molecule has 0 heterocycles. The van der Waals surface area contributed by atoms with Crippen molar-refractivity contribution in [3.05, 3.63) is 41.5 Å². The molecule has 35 heavy (non-hydrogen) atoms. The third kappa shape index (κ3) is 8.73. The topological polar surface area (TPSA) is 182 Å². The number of nitrogens with zero attached hydrogens (tertiary/aromatic N) is 1. The van der Waals surface area contributed by atoms with E-state index in [1.807, 2.05) is 6.07 Å². The van der Waals surface area contributed by atoms with Gasteiger partial charge in [-0.3, -0.25) is 4.79 Å². The molecule has 0 aliphatic carbocycles. The van der Waals surface area contributed by atoms with Gasteiger partial charge in [-0.2, -0.15) is 5.26 Å². The highest BCUT2D eigenvalue weighted by Crippen LogP contribution is 2.40. The molecule has 10 heteroatoms. The molecule has 0 saturated carbocycles. The van der Waals surface area contributed by atoms with Crippen LogP contribution in [0.1, 0.15) is 30.4 Å². The zero-order valence-electron chi connectivity index (χ0n) is 20.7. The van der Waals surface area contributed by atoms with Crippen LogP contribution in [0.3, 0.4) is 0 Å². The van der Waals surface area contributed by atoms with Crippen LogP contribution in [0, 0.1) is 11.3 Å². The fraction of sp³-hybridized carbons (Fsp3) is 0.360. The van der Waals surface area contributed by atoms with E-state index in [4.69, 9.17) is 41.9 Å². The van der Waals surface area contributed by atoms with E-state index in [1.54, 1.807) is 37.5 Å². The van der Waals surface area contributed by atoms with E-state index >= 15 is 0 Å². The van der Waals surface area contributed by atoms with Crippen LogP contribution in [0.5, 0.6) is 23.0 Å². The van der Waals surface area contributed by atoms with Crippen molar-refractivity contribution in [2.24, 2.45) is 17.2 Å². The van der Waals surface area contributed by atoms with Crippen molar-refractivity contribution < 1.29 is 23.7 Å². The Balaban J connectivity index is 0.000000518. The lowest BCUT2D eigenvalue weighted by atomic mass is 10.0. The molecule has 1 amide bonds. The molecule has 8 N–H and O–H groups in total. The average Bonchev–Trinajstić information content (AvgIpc) is 2.86. The molecular weight excluding hydrogens is 450 g/mol. The fourth-order valence-corrected chi connectivity index (χ4v) is 3.08. The largest absolute Gasteiger partial charge is 0.495 e. The Labute approximate surface area is 206 Å². The smallest absolute Gasteiger partial charge is 0.234 e. The number of hydrogen-bond donors (Lipinski definition) is 4. The fourth-order valence-electron chi connectivity index (χ4n) is 3.08. The number of nitrogen functional groups attached to an aromatic ring is 1. The summed E-state index contributed by atoms with van der Waals surface area (Å²) < 4.78 is 21.1. The molecule has 190 valence electrons. The Hall–Kier alpha value is -3.94. The lowest BCUT2D eigenvalue weighted by molar-refractivity contribution is -0.119. The summed E-state index contributed by atoms with van der Waals surface area (Å²) in [5.41, 5.74) is 23.8. The molecule has 0 aliphatic rings. The first kappa shape index (κ1) is 29.1. The number of carbonyl (C=O) groups is 1. The maximum absolute atomic E-state index is 10.4. The highest BCUT2D eigenvalue weighted by atomic mass is 16.5. The molecule has 1 atom stereocenters. The van der Waals surface area contributed by atoms with E-state index in [1.165, 1.54) is 21.3 Å². The standard InChI is InChI=1S/C19H20N2O4.C6H15N3O/c1-22-16-6-5-12(8-15(16)21)7-14(11-20)13-9-17(23-2)19(25-4)18(10-13)24-3;7-4-2-1-3-5(8)6(9)10/h5-10H,21H2,1-4H3;5H,1-4,7-8H2,(H2,9,10)/t;5-/m.0/s1. The molecule has 2 aromatic rings. The predicted molar refractivity (Wildman–Crippen MR) is 137 cm³/mol. The SMILES string of the molecule is COc1ccc(C=C(C#N)c2cc(OC)c(OC)c(OC)c2)cc1N.NCCCC[C@H](N)C(N)=O. The molecular formula is C25H35N5O5. The number of ether oxygens (including phenoxy) is 4. The van der Waals surface area contributed by atoms with Crippen LogP contribution in [0.25, 0.3) is 11.6 Å². The molecule has 0 unspecified atom stereocenters. The average molecular weight is 486 g/mol. The van der Waals surface area contributed by atoms with Gasteiger partial charge in [0, 0.05) is 0 Å². The number of unbranched alkanes of at least 4 members (excludes halogenated alkanes) is 1. The Morgan fingerprint density at radius 3 is 2.03 bits per heavy atom. The summed E-state index contributed by atoms with van der Waals surface area (Å²) in [6.07, 6.45) is 4.16. The maximum Gasteiger partial charge on any atom is 0.234 e. The number of carbonyl (C=O) groups excluding carboxylic acids is 1. The number of anilines is 1. The first-order valence-corrected chi connectivity index (χ1v) is 10.9. The van der Waals surface area contributed by atoms with Crippen LogP contribution in [-0.4, -0.2) is 46.9 Å². The minimum absolute atomic E-state index is 0.433. The summed E-state index contributed by atoms with van der Waals surface area (Å²) in [5.74, 6) is 1.58. The maximum atomic E-state index is 10.4. The summed E-state index contributed by atoms with van der Waals surface area (Å²) in [7, 11) is 6.14. The van der Waals surface area contributed by atoms with Crippen molar-refractivity contribution in [3.63, 3.8) is 0 Å². The monoisotopic (exact) mass is 485 g/mol. The van der Waals surface area contributed by atoms with Gasteiger partial charge in [-0.05, 0) is 60.9 Å². The third-order valence-electron chi connectivity index (χ3n) is 5.00. The second kappa shape index (κ2) is 15.1. The van der Waals surface area contributed by atoms with E-state index in [2.05, 4.69) is 6.07 Å². The number of nitrogens with two attached hydrogens (primary N) is 4. The van der Waals surface area contributed by atoms with Crippen molar-refractivity contribution in [1.29, 1.82) is 5.26 Å². The van der Waals surface area contributed by atoms with Crippen LogP contribution in [-0.2, 0) is 4.79 Å². The molecule has 0 fully saturated rings. The molecule has 0 radical (unpaired) electrons. The summed E-state index contributed by atoms with van der Waals surface area (Å²) in [6.45, 7) is 0.644. The summed E-state index contributed by atoms with van der Waals surface area (Å²) >= 11 is 0. The lowest BCUT2D eigenvalue weighted by Gasteiger charge is -2.14. The van der Waals surface area contributed by atoms with Crippen LogP contribution < -0.4 is 41.9 Å². The number of allylic oxidation sites excluding steroid dienone is 1. The van der Waals surface area contributed by atoms with Crippen LogP contribution in [0.15, 0.2) is 30.3 Å². The minimum atomic E-state index is -0.494. The molecule has 0 saturated heterocycles. The zero-order chi connectivity index (χ0) is 26.4. The molecule has 2 aromatic carbocycles. The Kier molecular flexibility index (Phi) is 12.5. The van der Waals surface area contributed by atoms with Gasteiger partial charge < -0.3 is 41.9 Å². The van der Waals surface area contributed by atoms with Gasteiger partial charge in [0.15, 0.2) is 11.5 Å². The van der Waals surface area contributed by atoms with Crippen molar-refractivity contribution >= 4 is 23.2 Å². The quantitative estimate of drug-likeness (QED) is 0.160. The van der Waals surface area contributed by atoms with Crippen molar-refractivity contribution in [2.45, 2.75) is 25.3 Å². The zero-order valence-corrected chi connectivity index (χ0v) is 20.7. The summed E-state index contributed by atoms with van der Waals surface area (Å²) in [5, 5.41) is 9.58. The van der Waals surface area contributed by atoms with Gasteiger partial charge in [0.25, 0.3) is 0 Å². The van der Waals surface area contributed by atoms with E-state index in [0.717, 1.165) is 18.4 Å². The van der Waals surface area contributed by atoms with Crippen molar-refractivity contribution in [1.82, 2.24) is 0 Å². The number of methoxy groups -OCH3 is 4. The minimum Gasteiger partial charge on any atom is -0.495 e. The predicted octanol–water partition coefficient (Wildman–Crippen LogP) is 2.30. The number of hydrogen-bond acceptors (Lipinski definition) is 9. The second-order valence-electron chi connectivity index (χ2n) is 7.38. The van der Waals surface area contributed by atoms with Crippen LogP contribution in [0.4, 0.5) is 5.69 Å². The first-order valence-electron chi connectivity index (χ1n) is 10.9. The number of nitriles is 1. The molecule has 0 aliphatic heterocycles. The molecule has 10 nitrogen and oxygen atoms in total. The van der Waals surface area contributed by atoms with E-state index < -0.39 is 11.9 Å². The van der Waals surface area contributed by atoms with Gasteiger partial charge in [0.2, 0.25) is 11.7 Å². The van der Waals surface area contributed by atoms with Gasteiger partial charge in [-0.25, -0.2) is 0 Å². The van der Waals surface area contributed by atoms with Gasteiger partial charge in [0.1, 0.15) is 5.75 Å². The highest BCUT2D eigenvalue weighted by Gasteiger charge is 2.15. The van der Waals surface area contributed by atoms with Gasteiger partial charge >= 0.3 is 0 Å². The number of rotatable bonds is 11. The first-order chi connectivity index (χ1) is 16.8. The normalized spacial score (nSPS) is 11.4. The van der Waals surface area contributed by atoms with E-state index in [9.17, 15) is 10.1 Å². The molecule has 0 bridgehead atoms. The van der Waals surface area contributed by atoms with Crippen molar-refractivity contribution in [3.8, 4) is 29.1 Å². The summed E-state index contributed by atoms with van der Waals surface area (Å²) in [6, 6.07) is 10.5. The number of amides is 1. The van der Waals surface area contributed by atoms with Gasteiger partial charge in [-0.15, -0.1) is 0 Å². The van der Waals surface area contributed by atoms with E-state index in [-0.39, 0.29) is 0 Å². The molecule has 0 aromatic heterocycles. The number of benzene rings is 2. The Morgan fingerprint density at radius 2 is 1.60 bits per heavy atom. The van der Waals surface area contributed by atoms with Crippen LogP contribution in [0.2, 0.25) is 0 Å². The molecule has 2 rings (SSSR count). The number of primary amides is 1. The Bertz CT molecular complexity index is 1020. The van der Waals surface area contributed by atoms with Crippen LogP contribution >= 0.6 is 0 Å². The second-order valence-corrected chi connectivity index (χ2v) is 7.38.